The quantitative estimate of drug-likeness (QED) is 0.728. The van der Waals surface area contributed by atoms with Gasteiger partial charge in [0.05, 0.1) is 19.6 Å². The topological polar surface area (TPSA) is 66.2 Å². The van der Waals surface area contributed by atoms with Crippen molar-refractivity contribution >= 4 is 12.0 Å². The Morgan fingerprint density at radius 2 is 2.24 bits per heavy atom. The minimum absolute atomic E-state index is 0.150. The van der Waals surface area contributed by atoms with E-state index in [1.54, 1.807) is 30.5 Å². The van der Waals surface area contributed by atoms with Crippen LogP contribution in [0.2, 0.25) is 0 Å². The normalized spacial score (nSPS) is 10.4. The lowest BCUT2D eigenvalue weighted by atomic mass is 10.1. The van der Waals surface area contributed by atoms with Crippen LogP contribution in [0.3, 0.4) is 0 Å². The standard InChI is InChI=1S/C20H21N3O2/c1-16-6-8-19(25-2)18(13-16)7-9-20(24)23(12-4-10-21)15-17-5-3-11-22-14-17/h3,5-9,11,13-14H,4,12,15H2,1-2H3/b9-7+. The van der Waals surface area contributed by atoms with Gasteiger partial charge in [-0.15, -0.1) is 0 Å². The number of pyridine rings is 1. The van der Waals surface area contributed by atoms with Gasteiger partial charge in [0.1, 0.15) is 5.75 Å². The van der Waals surface area contributed by atoms with Crippen molar-refractivity contribution in [3.8, 4) is 11.8 Å². The maximum absolute atomic E-state index is 12.6. The number of amides is 1. The fourth-order valence-electron chi connectivity index (χ4n) is 2.41. The molecule has 0 N–H and O–H groups in total. The molecule has 2 aromatic rings. The number of aryl methyl sites for hydroxylation is 1. The minimum atomic E-state index is -0.150. The summed E-state index contributed by atoms with van der Waals surface area (Å²) in [6.07, 6.45) is 6.96. The average Bonchev–Trinajstić information content (AvgIpc) is 2.64. The number of methoxy groups -OCH3 is 1. The van der Waals surface area contributed by atoms with Gasteiger partial charge >= 0.3 is 0 Å². The molecule has 0 aliphatic heterocycles. The first-order valence-corrected chi connectivity index (χ1v) is 8.01. The number of nitrogens with zero attached hydrogens (tertiary/aromatic N) is 3. The van der Waals surface area contributed by atoms with E-state index in [1.165, 1.54) is 6.08 Å². The Bertz CT molecular complexity index is 779. The van der Waals surface area contributed by atoms with Gasteiger partial charge < -0.3 is 9.64 Å². The molecule has 0 atom stereocenters. The van der Waals surface area contributed by atoms with Gasteiger partial charge in [0, 0.05) is 37.1 Å². The summed E-state index contributed by atoms with van der Waals surface area (Å²) in [6.45, 7) is 2.78. The molecule has 0 unspecified atom stereocenters. The Kier molecular flexibility index (Phi) is 6.73. The Morgan fingerprint density at radius 3 is 2.92 bits per heavy atom. The molecule has 2 rings (SSSR count). The minimum Gasteiger partial charge on any atom is -0.496 e. The number of rotatable bonds is 7. The molecule has 0 saturated heterocycles. The van der Waals surface area contributed by atoms with Crippen LogP contribution in [-0.4, -0.2) is 29.4 Å². The highest BCUT2D eigenvalue weighted by Crippen LogP contribution is 2.21. The molecular weight excluding hydrogens is 314 g/mol. The lowest BCUT2D eigenvalue weighted by Gasteiger charge is -2.20. The number of hydrogen-bond donors (Lipinski definition) is 0. The number of ether oxygens (including phenoxy) is 1. The summed E-state index contributed by atoms with van der Waals surface area (Å²) in [5.41, 5.74) is 2.86. The molecule has 128 valence electrons. The SMILES string of the molecule is COc1ccc(C)cc1/C=C/C(=O)N(CCC#N)Cc1cccnc1. The van der Waals surface area contributed by atoms with E-state index in [0.717, 1.165) is 16.7 Å². The van der Waals surface area contributed by atoms with Gasteiger partial charge in [0.2, 0.25) is 5.91 Å². The summed E-state index contributed by atoms with van der Waals surface area (Å²) in [5.74, 6) is 0.563. The highest BCUT2D eigenvalue weighted by Gasteiger charge is 2.11. The van der Waals surface area contributed by atoms with Crippen molar-refractivity contribution in [2.24, 2.45) is 0 Å². The largest absolute Gasteiger partial charge is 0.496 e. The number of carbonyl (C=O) groups is 1. The van der Waals surface area contributed by atoms with E-state index in [1.807, 2.05) is 37.3 Å². The first kappa shape index (κ1) is 18.2. The van der Waals surface area contributed by atoms with Gasteiger partial charge in [0.15, 0.2) is 0 Å². The van der Waals surface area contributed by atoms with Crippen LogP contribution in [0.25, 0.3) is 6.08 Å². The summed E-state index contributed by atoms with van der Waals surface area (Å²) in [7, 11) is 1.60. The molecule has 0 bridgehead atoms. The summed E-state index contributed by atoms with van der Waals surface area (Å²) in [6, 6.07) is 11.6. The second-order valence-corrected chi connectivity index (χ2v) is 5.61. The van der Waals surface area contributed by atoms with E-state index >= 15 is 0 Å². The number of benzene rings is 1. The van der Waals surface area contributed by atoms with E-state index in [2.05, 4.69) is 11.1 Å². The van der Waals surface area contributed by atoms with Gasteiger partial charge in [-0.25, -0.2) is 0 Å². The first-order valence-electron chi connectivity index (χ1n) is 8.01. The van der Waals surface area contributed by atoms with Gasteiger partial charge in [0.25, 0.3) is 0 Å². The van der Waals surface area contributed by atoms with Gasteiger partial charge in [-0.2, -0.15) is 5.26 Å². The highest BCUT2D eigenvalue weighted by atomic mass is 16.5. The molecule has 0 radical (unpaired) electrons. The van der Waals surface area contributed by atoms with Crippen LogP contribution >= 0.6 is 0 Å². The molecule has 1 amide bonds. The first-order chi connectivity index (χ1) is 12.1. The molecule has 1 aromatic heterocycles. The van der Waals surface area contributed by atoms with Gasteiger partial charge in [-0.3, -0.25) is 9.78 Å². The third-order valence-corrected chi connectivity index (χ3v) is 3.69. The van der Waals surface area contributed by atoms with Crippen LogP contribution in [0.15, 0.2) is 48.8 Å². The number of nitriles is 1. The summed E-state index contributed by atoms with van der Waals surface area (Å²) in [5, 5.41) is 8.83. The lowest BCUT2D eigenvalue weighted by Crippen LogP contribution is -2.29. The maximum Gasteiger partial charge on any atom is 0.246 e. The molecule has 0 aliphatic rings. The molecule has 0 fully saturated rings. The second-order valence-electron chi connectivity index (χ2n) is 5.61. The lowest BCUT2D eigenvalue weighted by molar-refractivity contribution is -0.126. The van der Waals surface area contributed by atoms with Crippen LogP contribution in [0.4, 0.5) is 0 Å². The zero-order valence-corrected chi connectivity index (χ0v) is 14.5. The smallest absolute Gasteiger partial charge is 0.246 e. The van der Waals surface area contributed by atoms with Crippen molar-refractivity contribution in [2.75, 3.05) is 13.7 Å². The van der Waals surface area contributed by atoms with Gasteiger partial charge in [-0.1, -0.05) is 17.7 Å². The highest BCUT2D eigenvalue weighted by molar-refractivity contribution is 5.92. The Balaban J connectivity index is 2.16. The van der Waals surface area contributed by atoms with E-state index < -0.39 is 0 Å². The van der Waals surface area contributed by atoms with Crippen molar-refractivity contribution in [3.05, 3.63) is 65.5 Å². The Labute approximate surface area is 148 Å². The third-order valence-electron chi connectivity index (χ3n) is 3.69. The zero-order valence-electron chi connectivity index (χ0n) is 14.5. The van der Waals surface area contributed by atoms with Crippen LogP contribution < -0.4 is 4.74 Å². The zero-order chi connectivity index (χ0) is 18.1. The number of aromatic nitrogens is 1. The number of hydrogen-bond acceptors (Lipinski definition) is 4. The monoisotopic (exact) mass is 335 g/mol. The molecule has 1 aromatic carbocycles. The maximum atomic E-state index is 12.6. The Hall–Kier alpha value is -3.13. The molecule has 0 saturated carbocycles. The number of carbonyl (C=O) groups excluding carboxylic acids is 1. The van der Waals surface area contributed by atoms with Crippen LogP contribution in [0.1, 0.15) is 23.1 Å². The molecular formula is C20H21N3O2. The summed E-state index contributed by atoms with van der Waals surface area (Å²) in [4.78, 5) is 18.3. The molecule has 5 nitrogen and oxygen atoms in total. The average molecular weight is 335 g/mol. The van der Waals surface area contributed by atoms with Crippen molar-refractivity contribution in [2.45, 2.75) is 19.9 Å². The van der Waals surface area contributed by atoms with Gasteiger partial charge in [-0.05, 0) is 36.8 Å². The fraction of sp³-hybridized carbons (Fsp3) is 0.250. The summed E-state index contributed by atoms with van der Waals surface area (Å²) < 4.78 is 5.33. The predicted molar refractivity (Wildman–Crippen MR) is 96.6 cm³/mol. The van der Waals surface area contributed by atoms with Crippen molar-refractivity contribution in [1.29, 1.82) is 5.26 Å². The molecule has 1 heterocycles. The van der Waals surface area contributed by atoms with Crippen molar-refractivity contribution in [1.82, 2.24) is 9.88 Å². The van der Waals surface area contributed by atoms with Crippen LogP contribution in [0.5, 0.6) is 5.75 Å². The van der Waals surface area contributed by atoms with E-state index in [4.69, 9.17) is 10.00 Å². The molecule has 0 spiro atoms. The van der Waals surface area contributed by atoms with Crippen LogP contribution in [0, 0.1) is 18.3 Å². The van der Waals surface area contributed by atoms with Crippen LogP contribution in [-0.2, 0) is 11.3 Å². The van der Waals surface area contributed by atoms with E-state index in [9.17, 15) is 4.79 Å². The molecule has 0 aliphatic carbocycles. The molecule has 25 heavy (non-hydrogen) atoms. The Morgan fingerprint density at radius 1 is 1.40 bits per heavy atom. The molecule has 5 heteroatoms. The van der Waals surface area contributed by atoms with E-state index in [0.29, 0.717) is 18.8 Å². The third kappa shape index (κ3) is 5.47. The second kappa shape index (κ2) is 9.24. The van der Waals surface area contributed by atoms with Crippen molar-refractivity contribution < 1.29 is 9.53 Å². The van der Waals surface area contributed by atoms with Crippen molar-refractivity contribution in [3.63, 3.8) is 0 Å². The summed E-state index contributed by atoms with van der Waals surface area (Å²) >= 11 is 0. The van der Waals surface area contributed by atoms with E-state index in [-0.39, 0.29) is 12.3 Å². The predicted octanol–water partition coefficient (Wildman–Crippen LogP) is 3.35. The fourth-order valence-corrected chi connectivity index (χ4v) is 2.41.